The van der Waals surface area contributed by atoms with Crippen molar-refractivity contribution in [1.82, 2.24) is 0 Å². The predicted molar refractivity (Wildman–Crippen MR) is 80.7 cm³/mol. The molecule has 0 aliphatic rings. The number of anilines is 1. The summed E-state index contributed by atoms with van der Waals surface area (Å²) in [5.74, 6) is 0.798. The van der Waals surface area contributed by atoms with Gasteiger partial charge in [-0.05, 0) is 29.4 Å². The number of hydrogen-bond donors (Lipinski definition) is 2. The molecule has 0 atom stereocenters. The number of hydrogen-bond acceptors (Lipinski definition) is 3. The fourth-order valence-electron chi connectivity index (χ4n) is 1.00. The van der Waals surface area contributed by atoms with Gasteiger partial charge in [0.1, 0.15) is 5.69 Å². The van der Waals surface area contributed by atoms with E-state index in [1.807, 2.05) is 57.2 Å². The van der Waals surface area contributed by atoms with Crippen molar-refractivity contribution in [3.63, 3.8) is 0 Å². The van der Waals surface area contributed by atoms with Crippen molar-refractivity contribution in [3.8, 4) is 0 Å². The molecule has 0 fully saturated rings. The van der Waals surface area contributed by atoms with Gasteiger partial charge >= 0.3 is 5.84 Å². The van der Waals surface area contributed by atoms with Gasteiger partial charge in [-0.1, -0.05) is 12.2 Å². The quantitative estimate of drug-likeness (QED) is 0.361. The van der Waals surface area contributed by atoms with Gasteiger partial charge in [-0.3, -0.25) is 4.99 Å². The summed E-state index contributed by atoms with van der Waals surface area (Å²) < 4.78 is 0. The lowest BCUT2D eigenvalue weighted by Gasteiger charge is -2.11. The molecule has 0 aliphatic heterocycles. The molecule has 6 heteroatoms. The maximum Gasteiger partial charge on any atom is 0.316 e. The van der Waals surface area contributed by atoms with Crippen LogP contribution in [0.15, 0.2) is 34.5 Å². The van der Waals surface area contributed by atoms with Crippen molar-refractivity contribution < 1.29 is 4.99 Å². The van der Waals surface area contributed by atoms with E-state index in [1.165, 1.54) is 0 Å². The SMILES string of the molecule is C[NH+]=C(C)N=Nc1ccc(N(C)C)cc1.NC=S. The van der Waals surface area contributed by atoms with Crippen LogP contribution in [0.4, 0.5) is 11.4 Å². The molecular formula is C12H20N5S+. The van der Waals surface area contributed by atoms with Crippen molar-refractivity contribution >= 4 is 34.9 Å². The second-order valence-corrected chi connectivity index (χ2v) is 3.85. The number of nitrogens with two attached hydrogens (primary N) is 1. The normalized spacial score (nSPS) is 10.8. The molecule has 1 aromatic rings. The average molecular weight is 266 g/mol. The zero-order chi connectivity index (χ0) is 14.0. The topological polar surface area (TPSA) is 68.0 Å². The number of amidine groups is 1. The molecule has 0 aliphatic carbocycles. The van der Waals surface area contributed by atoms with Gasteiger partial charge in [0.05, 0.1) is 17.7 Å². The van der Waals surface area contributed by atoms with Gasteiger partial charge in [-0.2, -0.15) is 0 Å². The molecule has 0 aromatic heterocycles. The van der Waals surface area contributed by atoms with Gasteiger partial charge in [0.15, 0.2) is 0 Å². The van der Waals surface area contributed by atoms with E-state index in [0.717, 1.165) is 22.7 Å². The Hall–Kier alpha value is -1.82. The molecule has 3 N–H and O–H groups in total. The second kappa shape index (κ2) is 9.23. The highest BCUT2D eigenvalue weighted by Gasteiger charge is 1.98. The first-order valence-electron chi connectivity index (χ1n) is 5.41. The Morgan fingerprint density at radius 1 is 1.33 bits per heavy atom. The Kier molecular flexibility index (Phi) is 8.30. The van der Waals surface area contributed by atoms with Crippen LogP contribution in [-0.2, 0) is 0 Å². The molecule has 0 amide bonds. The minimum atomic E-state index is 0.798. The van der Waals surface area contributed by atoms with E-state index in [2.05, 4.69) is 33.2 Å². The Balaban J connectivity index is 0.000000873. The van der Waals surface area contributed by atoms with Crippen molar-refractivity contribution in [2.45, 2.75) is 6.92 Å². The van der Waals surface area contributed by atoms with E-state index < -0.39 is 0 Å². The van der Waals surface area contributed by atoms with Crippen LogP contribution < -0.4 is 15.6 Å². The number of benzene rings is 1. The second-order valence-electron chi connectivity index (χ2n) is 3.58. The standard InChI is InChI=1S/C11H16N4.CH3NS/c1-9(12-2)13-14-10-5-7-11(8-6-10)15(3)4;2-1-3/h5-8H,1-4H3;1H,(H2,2,3)/p+1. The van der Waals surface area contributed by atoms with E-state index >= 15 is 0 Å². The van der Waals surface area contributed by atoms with E-state index in [9.17, 15) is 0 Å². The first kappa shape index (κ1) is 16.2. The third-order valence-corrected chi connectivity index (χ3v) is 2.04. The molecule has 0 unspecified atom stereocenters. The van der Waals surface area contributed by atoms with Crippen LogP contribution in [0, 0.1) is 0 Å². The Bertz CT molecular complexity index is 409. The zero-order valence-corrected chi connectivity index (χ0v) is 12.0. The molecule has 0 radical (unpaired) electrons. The van der Waals surface area contributed by atoms with Crippen LogP contribution in [0.2, 0.25) is 0 Å². The molecule has 5 nitrogen and oxygen atoms in total. The first-order chi connectivity index (χ1) is 8.54. The van der Waals surface area contributed by atoms with Gasteiger partial charge in [-0.15, -0.1) is 0 Å². The molecule has 18 heavy (non-hydrogen) atoms. The molecule has 1 rings (SSSR count). The highest BCUT2D eigenvalue weighted by Crippen LogP contribution is 2.18. The molecule has 98 valence electrons. The summed E-state index contributed by atoms with van der Waals surface area (Å²) in [6, 6.07) is 7.93. The van der Waals surface area contributed by atoms with Crippen LogP contribution in [-0.4, -0.2) is 32.5 Å². The number of azo groups is 1. The summed E-state index contributed by atoms with van der Waals surface area (Å²) in [5, 5.41) is 8.09. The molecular weight excluding hydrogens is 246 g/mol. The first-order valence-corrected chi connectivity index (χ1v) is 5.88. The Labute approximate surface area is 113 Å². The number of nitrogens with zero attached hydrogens (tertiary/aromatic N) is 3. The fraction of sp³-hybridized carbons (Fsp3) is 0.333. The van der Waals surface area contributed by atoms with Gasteiger partial charge in [0.25, 0.3) is 0 Å². The van der Waals surface area contributed by atoms with Crippen molar-refractivity contribution in [2.75, 3.05) is 26.0 Å². The minimum Gasteiger partial charge on any atom is -0.396 e. The largest absolute Gasteiger partial charge is 0.396 e. The summed E-state index contributed by atoms with van der Waals surface area (Å²) >= 11 is 4.05. The Morgan fingerprint density at radius 3 is 2.22 bits per heavy atom. The molecule has 0 spiro atoms. The van der Waals surface area contributed by atoms with Gasteiger partial charge in [0, 0.05) is 26.7 Å². The zero-order valence-electron chi connectivity index (χ0n) is 11.2. The molecule has 0 saturated carbocycles. The number of nitrogens with one attached hydrogen (secondary N) is 1. The monoisotopic (exact) mass is 266 g/mol. The summed E-state index contributed by atoms with van der Waals surface area (Å²) in [4.78, 5) is 4.96. The lowest BCUT2D eigenvalue weighted by Crippen LogP contribution is -2.66. The maximum atomic E-state index is 4.54. The van der Waals surface area contributed by atoms with E-state index in [0.29, 0.717) is 0 Å². The molecule has 0 saturated heterocycles. The van der Waals surface area contributed by atoms with Gasteiger partial charge in [0.2, 0.25) is 0 Å². The fourth-order valence-corrected chi connectivity index (χ4v) is 1.00. The van der Waals surface area contributed by atoms with Crippen molar-refractivity contribution in [3.05, 3.63) is 24.3 Å². The van der Waals surface area contributed by atoms with Crippen LogP contribution in [0.5, 0.6) is 0 Å². The highest BCUT2D eigenvalue weighted by atomic mass is 32.1. The van der Waals surface area contributed by atoms with E-state index in [-0.39, 0.29) is 0 Å². The Morgan fingerprint density at radius 2 is 1.83 bits per heavy atom. The van der Waals surface area contributed by atoms with Crippen molar-refractivity contribution in [1.29, 1.82) is 0 Å². The smallest absolute Gasteiger partial charge is 0.316 e. The lowest BCUT2D eigenvalue weighted by molar-refractivity contribution is -0.421. The summed E-state index contributed by atoms with van der Waals surface area (Å²) in [6.45, 7) is 1.87. The van der Waals surface area contributed by atoms with Crippen molar-refractivity contribution in [2.24, 2.45) is 16.0 Å². The van der Waals surface area contributed by atoms with Crippen LogP contribution in [0.1, 0.15) is 6.92 Å². The van der Waals surface area contributed by atoms with E-state index in [1.54, 1.807) is 0 Å². The summed E-state index contributed by atoms with van der Waals surface area (Å²) in [7, 11) is 5.84. The minimum absolute atomic E-state index is 0.798. The van der Waals surface area contributed by atoms with Gasteiger partial charge in [-0.25, -0.2) is 0 Å². The summed E-state index contributed by atoms with van der Waals surface area (Å²) in [6.07, 6.45) is 0. The van der Waals surface area contributed by atoms with E-state index in [4.69, 9.17) is 0 Å². The maximum absolute atomic E-state index is 4.54. The van der Waals surface area contributed by atoms with Crippen LogP contribution in [0.25, 0.3) is 0 Å². The highest BCUT2D eigenvalue weighted by molar-refractivity contribution is 7.78. The average Bonchev–Trinajstić information content (AvgIpc) is 2.37. The lowest BCUT2D eigenvalue weighted by atomic mass is 10.3. The van der Waals surface area contributed by atoms with Crippen LogP contribution in [0.3, 0.4) is 0 Å². The van der Waals surface area contributed by atoms with Gasteiger partial charge < -0.3 is 10.6 Å². The number of rotatable bonds is 2. The third-order valence-electron chi connectivity index (χ3n) is 2.04. The number of thiocarbonyl (C=S) groups is 1. The predicted octanol–water partition coefficient (Wildman–Crippen LogP) is 0.867. The summed E-state index contributed by atoms with van der Waals surface area (Å²) in [5.41, 5.74) is 7.63. The van der Waals surface area contributed by atoms with Crippen LogP contribution >= 0.6 is 12.2 Å². The molecule has 0 heterocycles. The molecule has 1 aromatic carbocycles. The molecule has 0 bridgehead atoms. The third kappa shape index (κ3) is 6.70.